The SMILES string of the molecule is C=CCN(CC=C)c1ccc(NC(=O)C2CCCC2)c(C(=O)O)c1. The quantitative estimate of drug-likeness (QED) is 0.714. The van der Waals surface area contributed by atoms with E-state index in [1.54, 1.807) is 24.3 Å². The molecule has 1 fully saturated rings. The van der Waals surface area contributed by atoms with Gasteiger partial charge in [0.15, 0.2) is 0 Å². The van der Waals surface area contributed by atoms with E-state index in [0.717, 1.165) is 31.4 Å². The third-order valence-electron chi connectivity index (χ3n) is 4.28. The monoisotopic (exact) mass is 328 g/mol. The normalized spacial score (nSPS) is 14.2. The van der Waals surface area contributed by atoms with Crippen molar-refractivity contribution in [1.82, 2.24) is 0 Å². The van der Waals surface area contributed by atoms with Crippen molar-refractivity contribution in [3.8, 4) is 0 Å². The number of rotatable bonds is 8. The van der Waals surface area contributed by atoms with Crippen molar-refractivity contribution >= 4 is 23.3 Å². The molecule has 2 N–H and O–H groups in total. The summed E-state index contributed by atoms with van der Waals surface area (Å²) < 4.78 is 0. The van der Waals surface area contributed by atoms with Crippen LogP contribution >= 0.6 is 0 Å². The van der Waals surface area contributed by atoms with Gasteiger partial charge in [0, 0.05) is 24.7 Å². The summed E-state index contributed by atoms with van der Waals surface area (Å²) >= 11 is 0. The minimum Gasteiger partial charge on any atom is -0.478 e. The molecule has 1 saturated carbocycles. The number of carboxylic acids is 1. The molecule has 5 nitrogen and oxygen atoms in total. The molecular weight excluding hydrogens is 304 g/mol. The number of hydrogen-bond acceptors (Lipinski definition) is 3. The van der Waals surface area contributed by atoms with Crippen LogP contribution in [0, 0.1) is 5.92 Å². The van der Waals surface area contributed by atoms with Crippen molar-refractivity contribution in [2.24, 2.45) is 5.92 Å². The first-order valence-electron chi connectivity index (χ1n) is 8.21. The molecule has 1 aliphatic rings. The summed E-state index contributed by atoms with van der Waals surface area (Å²) in [7, 11) is 0. The first-order chi connectivity index (χ1) is 11.6. The minimum absolute atomic E-state index is 0.00986. The summed E-state index contributed by atoms with van der Waals surface area (Å²) in [6, 6.07) is 5.05. The van der Waals surface area contributed by atoms with Crippen molar-refractivity contribution in [1.29, 1.82) is 0 Å². The summed E-state index contributed by atoms with van der Waals surface area (Å²) in [5.74, 6) is -1.16. The number of benzene rings is 1. The Morgan fingerprint density at radius 3 is 2.38 bits per heavy atom. The fourth-order valence-corrected chi connectivity index (χ4v) is 3.03. The van der Waals surface area contributed by atoms with Crippen LogP contribution in [0.1, 0.15) is 36.0 Å². The largest absolute Gasteiger partial charge is 0.478 e. The minimum atomic E-state index is -1.06. The average molecular weight is 328 g/mol. The Bertz CT molecular complexity index is 623. The van der Waals surface area contributed by atoms with Crippen molar-refractivity contribution in [2.45, 2.75) is 25.7 Å². The third-order valence-corrected chi connectivity index (χ3v) is 4.28. The van der Waals surface area contributed by atoms with E-state index in [2.05, 4.69) is 18.5 Å². The first kappa shape index (κ1) is 17.8. The Hall–Kier alpha value is -2.56. The van der Waals surface area contributed by atoms with E-state index >= 15 is 0 Å². The van der Waals surface area contributed by atoms with E-state index in [1.807, 2.05) is 11.0 Å². The topological polar surface area (TPSA) is 69.6 Å². The molecule has 1 aromatic rings. The van der Waals surface area contributed by atoms with Crippen LogP contribution < -0.4 is 10.2 Å². The average Bonchev–Trinajstić information content (AvgIpc) is 3.09. The van der Waals surface area contributed by atoms with Crippen LogP contribution in [0.25, 0.3) is 0 Å². The zero-order chi connectivity index (χ0) is 17.5. The number of carbonyl (C=O) groups excluding carboxylic acids is 1. The van der Waals surface area contributed by atoms with Crippen LogP contribution in [0.4, 0.5) is 11.4 Å². The smallest absolute Gasteiger partial charge is 0.337 e. The highest BCUT2D eigenvalue weighted by atomic mass is 16.4. The second-order valence-corrected chi connectivity index (χ2v) is 5.99. The highest BCUT2D eigenvalue weighted by molar-refractivity contribution is 6.02. The van der Waals surface area contributed by atoms with Crippen LogP contribution in [0.15, 0.2) is 43.5 Å². The van der Waals surface area contributed by atoms with Crippen LogP contribution in [0.5, 0.6) is 0 Å². The lowest BCUT2D eigenvalue weighted by Gasteiger charge is -2.23. The third kappa shape index (κ3) is 4.25. The second kappa shape index (κ2) is 8.34. The predicted octanol–water partition coefficient (Wildman–Crippen LogP) is 3.69. The van der Waals surface area contributed by atoms with Crippen LogP contribution in [0.2, 0.25) is 0 Å². The van der Waals surface area contributed by atoms with E-state index in [4.69, 9.17) is 0 Å². The number of amides is 1. The van der Waals surface area contributed by atoms with Gasteiger partial charge in [-0.25, -0.2) is 4.79 Å². The Labute approximate surface area is 142 Å². The van der Waals surface area contributed by atoms with Gasteiger partial charge in [-0.3, -0.25) is 4.79 Å². The highest BCUT2D eigenvalue weighted by Crippen LogP contribution is 2.28. The van der Waals surface area contributed by atoms with Crippen molar-refractivity contribution in [2.75, 3.05) is 23.3 Å². The van der Waals surface area contributed by atoms with E-state index in [1.165, 1.54) is 0 Å². The van der Waals surface area contributed by atoms with Gasteiger partial charge in [-0.15, -0.1) is 13.2 Å². The summed E-state index contributed by atoms with van der Waals surface area (Å²) in [6.07, 6.45) is 7.36. The van der Waals surface area contributed by atoms with Crippen molar-refractivity contribution in [3.05, 3.63) is 49.1 Å². The molecular formula is C19H24N2O3. The second-order valence-electron chi connectivity index (χ2n) is 5.99. The summed E-state index contributed by atoms with van der Waals surface area (Å²) in [4.78, 5) is 25.8. The molecule has 0 aliphatic heterocycles. The van der Waals surface area contributed by atoms with Gasteiger partial charge in [-0.2, -0.15) is 0 Å². The molecule has 0 saturated heterocycles. The van der Waals surface area contributed by atoms with Crippen LogP contribution in [-0.2, 0) is 4.79 Å². The molecule has 1 amide bonds. The molecule has 0 unspecified atom stereocenters. The molecule has 0 atom stereocenters. The fourth-order valence-electron chi connectivity index (χ4n) is 3.03. The van der Waals surface area contributed by atoms with Crippen molar-refractivity contribution < 1.29 is 14.7 Å². The lowest BCUT2D eigenvalue weighted by atomic mass is 10.1. The Morgan fingerprint density at radius 2 is 1.83 bits per heavy atom. The number of nitrogens with zero attached hydrogens (tertiary/aromatic N) is 1. The lowest BCUT2D eigenvalue weighted by molar-refractivity contribution is -0.119. The van der Waals surface area contributed by atoms with Gasteiger partial charge in [0.05, 0.1) is 11.3 Å². The molecule has 24 heavy (non-hydrogen) atoms. The molecule has 0 bridgehead atoms. The standard InChI is InChI=1S/C19H24N2O3/c1-3-11-21(12-4-2)15-9-10-17(16(13-15)19(23)24)20-18(22)14-7-5-6-8-14/h3-4,9-10,13-14H,1-2,5-8,11-12H2,(H,20,22)(H,23,24). The molecule has 1 aliphatic carbocycles. The molecule has 2 rings (SSSR count). The number of hydrogen-bond donors (Lipinski definition) is 2. The Kier molecular flexibility index (Phi) is 6.18. The molecule has 128 valence electrons. The van der Waals surface area contributed by atoms with E-state index < -0.39 is 5.97 Å². The highest BCUT2D eigenvalue weighted by Gasteiger charge is 2.24. The number of anilines is 2. The lowest BCUT2D eigenvalue weighted by Crippen LogP contribution is -2.24. The number of carbonyl (C=O) groups is 2. The molecule has 5 heteroatoms. The van der Waals surface area contributed by atoms with Crippen LogP contribution in [-0.4, -0.2) is 30.1 Å². The maximum absolute atomic E-state index is 12.3. The zero-order valence-electron chi connectivity index (χ0n) is 13.8. The van der Waals surface area contributed by atoms with Crippen LogP contribution in [0.3, 0.4) is 0 Å². The van der Waals surface area contributed by atoms with Crippen molar-refractivity contribution in [3.63, 3.8) is 0 Å². The Balaban J connectivity index is 2.25. The van der Waals surface area contributed by atoms with Gasteiger partial charge in [0.25, 0.3) is 0 Å². The van der Waals surface area contributed by atoms with Gasteiger partial charge >= 0.3 is 5.97 Å². The maximum Gasteiger partial charge on any atom is 0.337 e. The molecule has 0 spiro atoms. The van der Waals surface area contributed by atoms with Gasteiger partial charge in [0.2, 0.25) is 5.91 Å². The predicted molar refractivity (Wildman–Crippen MR) is 96.6 cm³/mol. The number of nitrogens with one attached hydrogen (secondary N) is 1. The van der Waals surface area contributed by atoms with Gasteiger partial charge in [-0.1, -0.05) is 25.0 Å². The Morgan fingerprint density at radius 1 is 1.21 bits per heavy atom. The van der Waals surface area contributed by atoms with Gasteiger partial charge < -0.3 is 15.3 Å². The number of carboxylic acid groups (broad SMARTS) is 1. The zero-order valence-corrected chi connectivity index (χ0v) is 13.8. The summed E-state index contributed by atoms with van der Waals surface area (Å²) in [5.41, 5.74) is 1.20. The van der Waals surface area contributed by atoms with E-state index in [0.29, 0.717) is 18.8 Å². The summed E-state index contributed by atoms with van der Waals surface area (Å²) in [6.45, 7) is 8.60. The molecule has 0 heterocycles. The number of aromatic carboxylic acids is 1. The van der Waals surface area contributed by atoms with Gasteiger partial charge in [0.1, 0.15) is 0 Å². The summed E-state index contributed by atoms with van der Waals surface area (Å²) in [5, 5.41) is 12.3. The fraction of sp³-hybridized carbons (Fsp3) is 0.368. The van der Waals surface area contributed by atoms with E-state index in [9.17, 15) is 14.7 Å². The molecule has 1 aromatic carbocycles. The molecule has 0 aromatic heterocycles. The first-order valence-corrected chi connectivity index (χ1v) is 8.21. The molecule has 0 radical (unpaired) electrons. The maximum atomic E-state index is 12.3. The van der Waals surface area contributed by atoms with Gasteiger partial charge in [-0.05, 0) is 31.0 Å². The van der Waals surface area contributed by atoms with E-state index in [-0.39, 0.29) is 17.4 Å².